The van der Waals surface area contributed by atoms with Crippen molar-refractivity contribution >= 4 is 5.69 Å². The molecule has 19 heavy (non-hydrogen) atoms. The fourth-order valence-corrected chi connectivity index (χ4v) is 1.59. The van der Waals surface area contributed by atoms with E-state index in [1.54, 1.807) is 44.1 Å². The Morgan fingerprint density at radius 1 is 1.32 bits per heavy atom. The van der Waals surface area contributed by atoms with Crippen molar-refractivity contribution in [1.29, 1.82) is 0 Å². The summed E-state index contributed by atoms with van der Waals surface area (Å²) in [6.07, 6.45) is -6.28. The van der Waals surface area contributed by atoms with Crippen LogP contribution in [0.5, 0.6) is 5.75 Å². The normalized spacial score (nSPS) is 14.9. The van der Waals surface area contributed by atoms with E-state index in [1.807, 2.05) is 0 Å². The van der Waals surface area contributed by atoms with Crippen molar-refractivity contribution < 1.29 is 17.9 Å². The van der Waals surface area contributed by atoms with Gasteiger partial charge in [0.05, 0.1) is 6.04 Å². The number of anilines is 1. The van der Waals surface area contributed by atoms with E-state index in [-0.39, 0.29) is 12.2 Å². The van der Waals surface area contributed by atoms with E-state index >= 15 is 0 Å². The first-order chi connectivity index (χ1) is 8.75. The maximum Gasteiger partial charge on any atom is 0.426 e. The number of nitrogens with two attached hydrogens (primary N) is 1. The van der Waals surface area contributed by atoms with Crippen LogP contribution in [0.15, 0.2) is 24.3 Å². The number of hydrogen-bond acceptors (Lipinski definition) is 3. The first-order valence-corrected chi connectivity index (χ1v) is 6.02. The second kappa shape index (κ2) is 6.14. The lowest BCUT2D eigenvalue weighted by Gasteiger charge is -2.26. The third-order valence-electron chi connectivity index (χ3n) is 2.78. The smallest absolute Gasteiger partial charge is 0.426 e. The predicted octanol–water partition coefficient (Wildman–Crippen LogP) is 2.80. The van der Waals surface area contributed by atoms with Gasteiger partial charge in [-0.05, 0) is 18.6 Å². The minimum absolute atomic E-state index is 0.164. The number of benzene rings is 1. The van der Waals surface area contributed by atoms with Crippen molar-refractivity contribution in [2.24, 2.45) is 5.73 Å². The topological polar surface area (TPSA) is 38.5 Å². The van der Waals surface area contributed by atoms with E-state index in [0.717, 1.165) is 5.69 Å². The second-order valence-corrected chi connectivity index (χ2v) is 4.54. The molecule has 1 aromatic rings. The number of halogens is 3. The van der Waals surface area contributed by atoms with Crippen LogP contribution in [0.3, 0.4) is 0 Å². The van der Waals surface area contributed by atoms with E-state index in [0.29, 0.717) is 0 Å². The lowest BCUT2D eigenvalue weighted by molar-refractivity contribution is -0.200. The number of ether oxygens (including phenoxy) is 1. The number of rotatable bonds is 5. The van der Waals surface area contributed by atoms with Crippen molar-refractivity contribution in [3.05, 3.63) is 24.3 Å². The Morgan fingerprint density at radius 3 is 2.42 bits per heavy atom. The second-order valence-electron chi connectivity index (χ2n) is 4.54. The van der Waals surface area contributed by atoms with Crippen LogP contribution in [-0.4, -0.2) is 32.4 Å². The van der Waals surface area contributed by atoms with Gasteiger partial charge in [-0.25, -0.2) is 0 Å². The van der Waals surface area contributed by atoms with Crippen LogP contribution < -0.4 is 15.4 Å². The highest BCUT2D eigenvalue weighted by Gasteiger charge is 2.45. The molecule has 0 radical (unpaired) electrons. The summed E-state index contributed by atoms with van der Waals surface area (Å²) >= 11 is 0. The van der Waals surface area contributed by atoms with Gasteiger partial charge in [-0.15, -0.1) is 0 Å². The zero-order valence-electron chi connectivity index (χ0n) is 11.2. The first-order valence-electron chi connectivity index (χ1n) is 6.02. The van der Waals surface area contributed by atoms with Crippen LogP contribution in [-0.2, 0) is 0 Å². The van der Waals surface area contributed by atoms with Crippen molar-refractivity contribution in [2.75, 3.05) is 19.0 Å². The van der Waals surface area contributed by atoms with Crippen LogP contribution in [0.2, 0.25) is 0 Å². The molecule has 0 bridgehead atoms. The summed E-state index contributed by atoms with van der Waals surface area (Å²) in [4.78, 5) is 1.79. The molecule has 0 aliphatic carbocycles. The number of nitrogens with zero attached hydrogens (tertiary/aromatic N) is 1. The van der Waals surface area contributed by atoms with Gasteiger partial charge in [-0.2, -0.15) is 13.2 Å². The molecule has 0 amide bonds. The van der Waals surface area contributed by atoms with Crippen molar-refractivity contribution in [1.82, 2.24) is 0 Å². The Morgan fingerprint density at radius 2 is 1.95 bits per heavy atom. The van der Waals surface area contributed by atoms with E-state index in [2.05, 4.69) is 0 Å². The zero-order valence-corrected chi connectivity index (χ0v) is 11.2. The summed E-state index contributed by atoms with van der Waals surface area (Å²) in [5.74, 6) is 0.164. The molecule has 1 rings (SSSR count). The monoisotopic (exact) mass is 276 g/mol. The Hall–Kier alpha value is -1.43. The molecular formula is C13H19F3N2O. The Balaban J connectivity index is 2.94. The Bertz CT molecular complexity index is 407. The van der Waals surface area contributed by atoms with Gasteiger partial charge in [-0.1, -0.05) is 13.0 Å². The quantitative estimate of drug-likeness (QED) is 0.898. The van der Waals surface area contributed by atoms with Crippen molar-refractivity contribution in [3.8, 4) is 5.75 Å². The molecule has 2 atom stereocenters. The lowest BCUT2D eigenvalue weighted by Crippen LogP contribution is -2.48. The summed E-state index contributed by atoms with van der Waals surface area (Å²) in [6, 6.07) is 5.41. The zero-order chi connectivity index (χ0) is 14.6. The molecule has 0 saturated carbocycles. The standard InChI is InChI=1S/C13H19F3N2O/c1-4-11(17)12(13(14,15)16)19-10-7-5-6-9(8-10)18(2)3/h5-8,11-12H,4,17H2,1-3H3. The van der Waals surface area contributed by atoms with E-state index in [9.17, 15) is 13.2 Å². The van der Waals surface area contributed by atoms with Gasteiger partial charge in [0.2, 0.25) is 6.10 Å². The molecule has 2 N–H and O–H groups in total. The molecule has 0 aromatic heterocycles. The molecule has 1 aromatic carbocycles. The minimum atomic E-state index is -4.48. The maximum absolute atomic E-state index is 12.9. The molecular weight excluding hydrogens is 257 g/mol. The highest BCUT2D eigenvalue weighted by molar-refractivity contribution is 5.49. The molecule has 0 spiro atoms. The van der Waals surface area contributed by atoms with Crippen LogP contribution >= 0.6 is 0 Å². The number of alkyl halides is 3. The molecule has 6 heteroatoms. The van der Waals surface area contributed by atoms with Gasteiger partial charge in [0, 0.05) is 25.8 Å². The minimum Gasteiger partial charge on any atom is -0.479 e. The number of hydrogen-bond donors (Lipinski definition) is 1. The predicted molar refractivity (Wildman–Crippen MR) is 69.5 cm³/mol. The summed E-state index contributed by atoms with van der Waals surface area (Å²) in [5, 5.41) is 0. The summed E-state index contributed by atoms with van der Waals surface area (Å²) in [7, 11) is 3.61. The summed E-state index contributed by atoms with van der Waals surface area (Å²) < 4.78 is 43.7. The molecule has 0 aliphatic heterocycles. The molecule has 0 aliphatic rings. The van der Waals surface area contributed by atoms with E-state index < -0.39 is 18.3 Å². The maximum atomic E-state index is 12.9. The fourth-order valence-electron chi connectivity index (χ4n) is 1.59. The Kier molecular flexibility index (Phi) is 5.05. The molecule has 0 heterocycles. The summed E-state index contributed by atoms with van der Waals surface area (Å²) in [5.41, 5.74) is 6.26. The van der Waals surface area contributed by atoms with Crippen LogP contribution in [0.1, 0.15) is 13.3 Å². The highest BCUT2D eigenvalue weighted by atomic mass is 19.4. The molecule has 0 saturated heterocycles. The van der Waals surface area contributed by atoms with Gasteiger partial charge >= 0.3 is 6.18 Å². The average Bonchev–Trinajstić information content (AvgIpc) is 2.34. The van der Waals surface area contributed by atoms with E-state index in [4.69, 9.17) is 10.5 Å². The largest absolute Gasteiger partial charge is 0.479 e. The van der Waals surface area contributed by atoms with E-state index in [1.165, 1.54) is 6.07 Å². The molecule has 3 nitrogen and oxygen atoms in total. The van der Waals surface area contributed by atoms with Crippen LogP contribution in [0.4, 0.5) is 18.9 Å². The first kappa shape index (κ1) is 15.6. The van der Waals surface area contributed by atoms with Crippen LogP contribution in [0.25, 0.3) is 0 Å². The van der Waals surface area contributed by atoms with Gasteiger partial charge in [-0.3, -0.25) is 0 Å². The molecule has 0 fully saturated rings. The van der Waals surface area contributed by atoms with Gasteiger partial charge in [0.25, 0.3) is 0 Å². The van der Waals surface area contributed by atoms with Gasteiger partial charge in [0.1, 0.15) is 5.75 Å². The van der Waals surface area contributed by atoms with Gasteiger partial charge < -0.3 is 15.4 Å². The van der Waals surface area contributed by atoms with Crippen molar-refractivity contribution in [2.45, 2.75) is 31.7 Å². The lowest BCUT2D eigenvalue weighted by atomic mass is 10.1. The third kappa shape index (κ3) is 4.31. The highest BCUT2D eigenvalue weighted by Crippen LogP contribution is 2.29. The van der Waals surface area contributed by atoms with Crippen molar-refractivity contribution in [3.63, 3.8) is 0 Å². The molecule has 108 valence electrons. The summed E-state index contributed by atoms with van der Waals surface area (Å²) in [6.45, 7) is 1.60. The molecule has 2 unspecified atom stereocenters. The Labute approximate surface area is 111 Å². The van der Waals surface area contributed by atoms with Gasteiger partial charge in [0.15, 0.2) is 0 Å². The SMILES string of the molecule is CCC(N)C(Oc1cccc(N(C)C)c1)C(F)(F)F. The van der Waals surface area contributed by atoms with Crippen LogP contribution in [0, 0.1) is 0 Å². The average molecular weight is 276 g/mol. The third-order valence-corrected chi connectivity index (χ3v) is 2.78. The fraction of sp³-hybridized carbons (Fsp3) is 0.538.